The number of benzene rings is 1. The molecule has 6 heteroatoms. The largest absolute Gasteiger partial charge is 0.494 e. The summed E-state index contributed by atoms with van der Waals surface area (Å²) in [6, 6.07) is 8.94. The Morgan fingerprint density at radius 2 is 2.04 bits per heavy atom. The Labute approximate surface area is 154 Å². The minimum atomic E-state index is -0.303. The maximum Gasteiger partial charge on any atom is 0.251 e. The van der Waals surface area contributed by atoms with Gasteiger partial charge in [0.05, 0.1) is 18.6 Å². The van der Waals surface area contributed by atoms with E-state index in [9.17, 15) is 9.59 Å². The molecule has 0 heterocycles. The van der Waals surface area contributed by atoms with Crippen LogP contribution in [0.4, 0.5) is 0 Å². The zero-order valence-corrected chi connectivity index (χ0v) is 15.3. The van der Waals surface area contributed by atoms with E-state index in [4.69, 9.17) is 10.00 Å². The molecular formula is C20H27N3O3. The summed E-state index contributed by atoms with van der Waals surface area (Å²) >= 11 is 0. The number of hydrogen-bond donors (Lipinski definition) is 2. The fourth-order valence-electron chi connectivity index (χ4n) is 3.47. The lowest BCUT2D eigenvalue weighted by molar-refractivity contribution is -0.126. The number of nitrogens with zero attached hydrogens (tertiary/aromatic N) is 1. The Bertz CT molecular complexity index is 648. The minimum absolute atomic E-state index is 0.00754. The van der Waals surface area contributed by atoms with Crippen molar-refractivity contribution in [1.82, 2.24) is 10.6 Å². The van der Waals surface area contributed by atoms with E-state index < -0.39 is 0 Å². The van der Waals surface area contributed by atoms with E-state index in [1.54, 1.807) is 24.3 Å². The first-order valence-corrected chi connectivity index (χ1v) is 9.31. The fourth-order valence-corrected chi connectivity index (χ4v) is 3.47. The van der Waals surface area contributed by atoms with Gasteiger partial charge in [-0.1, -0.05) is 25.3 Å². The number of nitriles is 1. The highest BCUT2D eigenvalue weighted by Crippen LogP contribution is 2.30. The predicted molar refractivity (Wildman–Crippen MR) is 98.6 cm³/mol. The SMILES string of the molecule is CCOc1cccc(C(=O)NCC(C(=O)NCC#N)C2CCCCC2)c1. The van der Waals surface area contributed by atoms with Crippen molar-refractivity contribution in [2.75, 3.05) is 19.7 Å². The van der Waals surface area contributed by atoms with Crippen LogP contribution in [0.1, 0.15) is 49.4 Å². The number of carbonyl (C=O) groups excluding carboxylic acids is 2. The molecule has 2 amide bonds. The Balaban J connectivity index is 2.00. The van der Waals surface area contributed by atoms with Crippen LogP contribution in [0.15, 0.2) is 24.3 Å². The number of amides is 2. The normalized spacial score (nSPS) is 15.5. The number of carbonyl (C=O) groups is 2. The van der Waals surface area contributed by atoms with Crippen molar-refractivity contribution in [3.05, 3.63) is 29.8 Å². The summed E-state index contributed by atoms with van der Waals surface area (Å²) in [5.41, 5.74) is 0.510. The first-order valence-electron chi connectivity index (χ1n) is 9.31. The average Bonchev–Trinajstić information content (AvgIpc) is 2.67. The van der Waals surface area contributed by atoms with Gasteiger partial charge in [-0.3, -0.25) is 9.59 Å². The molecule has 1 saturated carbocycles. The van der Waals surface area contributed by atoms with Gasteiger partial charge in [0.15, 0.2) is 0 Å². The van der Waals surface area contributed by atoms with Crippen LogP contribution in [0.5, 0.6) is 5.75 Å². The van der Waals surface area contributed by atoms with E-state index in [2.05, 4.69) is 10.6 Å². The number of rotatable bonds is 8. The van der Waals surface area contributed by atoms with Gasteiger partial charge in [-0.2, -0.15) is 5.26 Å². The molecule has 1 aliphatic rings. The standard InChI is InChI=1S/C20H27N3O3/c1-2-26-17-10-6-9-16(13-17)19(24)23-14-18(20(25)22-12-11-21)15-7-4-3-5-8-15/h6,9-10,13,15,18H,2-5,7-8,12,14H2,1H3,(H,22,25)(H,23,24). The molecule has 1 unspecified atom stereocenters. The summed E-state index contributed by atoms with van der Waals surface area (Å²) in [5.74, 6) is 0.221. The van der Waals surface area contributed by atoms with Crippen LogP contribution >= 0.6 is 0 Å². The Morgan fingerprint density at radius 1 is 1.27 bits per heavy atom. The Morgan fingerprint density at radius 3 is 2.73 bits per heavy atom. The topological polar surface area (TPSA) is 91.2 Å². The summed E-state index contributed by atoms with van der Waals surface area (Å²) < 4.78 is 5.43. The fraction of sp³-hybridized carbons (Fsp3) is 0.550. The summed E-state index contributed by atoms with van der Waals surface area (Å²) in [6.07, 6.45) is 5.38. The maximum absolute atomic E-state index is 12.5. The van der Waals surface area contributed by atoms with Crippen molar-refractivity contribution in [3.8, 4) is 11.8 Å². The third kappa shape index (κ3) is 5.76. The molecule has 0 spiro atoms. The van der Waals surface area contributed by atoms with Gasteiger partial charge in [-0.05, 0) is 43.9 Å². The van der Waals surface area contributed by atoms with Crippen LogP contribution < -0.4 is 15.4 Å². The molecule has 0 saturated heterocycles. The number of ether oxygens (including phenoxy) is 1. The van der Waals surface area contributed by atoms with E-state index in [1.165, 1.54) is 6.42 Å². The highest BCUT2D eigenvalue weighted by molar-refractivity contribution is 5.95. The highest BCUT2D eigenvalue weighted by Gasteiger charge is 2.29. The molecule has 2 rings (SSSR count). The van der Waals surface area contributed by atoms with Gasteiger partial charge in [0, 0.05) is 12.1 Å². The zero-order valence-electron chi connectivity index (χ0n) is 15.3. The first kappa shape index (κ1) is 19.8. The van der Waals surface area contributed by atoms with Gasteiger partial charge in [0.25, 0.3) is 5.91 Å². The molecule has 0 aromatic heterocycles. The molecule has 1 aliphatic carbocycles. The molecule has 0 aliphatic heterocycles. The average molecular weight is 357 g/mol. The molecule has 0 radical (unpaired) electrons. The molecule has 26 heavy (non-hydrogen) atoms. The van der Waals surface area contributed by atoms with E-state index in [1.807, 2.05) is 13.0 Å². The Hall–Kier alpha value is -2.55. The minimum Gasteiger partial charge on any atom is -0.494 e. The first-order chi connectivity index (χ1) is 12.7. The van der Waals surface area contributed by atoms with Crippen LogP contribution in [-0.4, -0.2) is 31.5 Å². The van der Waals surface area contributed by atoms with Crippen LogP contribution in [0.25, 0.3) is 0 Å². The summed E-state index contributed by atoms with van der Waals surface area (Å²) in [4.78, 5) is 24.9. The highest BCUT2D eigenvalue weighted by atomic mass is 16.5. The van der Waals surface area contributed by atoms with E-state index in [0.29, 0.717) is 17.9 Å². The number of nitrogens with one attached hydrogen (secondary N) is 2. The van der Waals surface area contributed by atoms with Crippen molar-refractivity contribution < 1.29 is 14.3 Å². The van der Waals surface area contributed by atoms with Gasteiger partial charge in [0.2, 0.25) is 5.91 Å². The second-order valence-electron chi connectivity index (χ2n) is 6.55. The summed E-state index contributed by atoms with van der Waals surface area (Å²) in [7, 11) is 0. The zero-order chi connectivity index (χ0) is 18.8. The molecule has 1 aromatic rings. The second-order valence-corrected chi connectivity index (χ2v) is 6.55. The van der Waals surface area contributed by atoms with E-state index in [-0.39, 0.29) is 36.7 Å². The van der Waals surface area contributed by atoms with Gasteiger partial charge >= 0.3 is 0 Å². The van der Waals surface area contributed by atoms with Gasteiger partial charge in [-0.15, -0.1) is 0 Å². The third-order valence-corrected chi connectivity index (χ3v) is 4.79. The molecule has 2 N–H and O–H groups in total. The molecule has 1 atom stereocenters. The van der Waals surface area contributed by atoms with Gasteiger partial charge in [0.1, 0.15) is 12.3 Å². The molecular weight excluding hydrogens is 330 g/mol. The van der Waals surface area contributed by atoms with Crippen LogP contribution in [0.3, 0.4) is 0 Å². The van der Waals surface area contributed by atoms with Gasteiger partial charge in [-0.25, -0.2) is 0 Å². The second kappa shape index (κ2) is 10.4. The van der Waals surface area contributed by atoms with Crippen molar-refractivity contribution in [1.29, 1.82) is 5.26 Å². The molecule has 140 valence electrons. The lowest BCUT2D eigenvalue weighted by atomic mass is 9.79. The quantitative estimate of drug-likeness (QED) is 0.700. The molecule has 6 nitrogen and oxygen atoms in total. The van der Waals surface area contributed by atoms with E-state index >= 15 is 0 Å². The van der Waals surface area contributed by atoms with Crippen molar-refractivity contribution in [3.63, 3.8) is 0 Å². The van der Waals surface area contributed by atoms with E-state index in [0.717, 1.165) is 25.7 Å². The third-order valence-electron chi connectivity index (χ3n) is 4.79. The molecule has 1 fully saturated rings. The van der Waals surface area contributed by atoms with Crippen LogP contribution in [0, 0.1) is 23.2 Å². The number of hydrogen-bond acceptors (Lipinski definition) is 4. The van der Waals surface area contributed by atoms with Gasteiger partial charge < -0.3 is 15.4 Å². The van der Waals surface area contributed by atoms with Crippen molar-refractivity contribution in [2.24, 2.45) is 11.8 Å². The predicted octanol–water partition coefficient (Wildman–Crippen LogP) is 2.65. The van der Waals surface area contributed by atoms with Crippen molar-refractivity contribution in [2.45, 2.75) is 39.0 Å². The summed E-state index contributed by atoms with van der Waals surface area (Å²) in [5, 5.41) is 14.2. The Kier molecular flexibility index (Phi) is 7.94. The maximum atomic E-state index is 12.5. The van der Waals surface area contributed by atoms with Crippen molar-refractivity contribution >= 4 is 11.8 Å². The lowest BCUT2D eigenvalue weighted by Gasteiger charge is -2.29. The smallest absolute Gasteiger partial charge is 0.251 e. The lowest BCUT2D eigenvalue weighted by Crippen LogP contribution is -2.43. The van der Waals surface area contributed by atoms with Crippen LogP contribution in [-0.2, 0) is 4.79 Å². The monoisotopic (exact) mass is 357 g/mol. The molecule has 1 aromatic carbocycles. The molecule has 0 bridgehead atoms. The van der Waals surface area contributed by atoms with Crippen LogP contribution in [0.2, 0.25) is 0 Å². The summed E-state index contributed by atoms with van der Waals surface area (Å²) in [6.45, 7) is 2.70.